The second-order valence-electron chi connectivity index (χ2n) is 4.09. The van der Waals surface area contributed by atoms with Crippen molar-refractivity contribution in [1.29, 1.82) is 0 Å². The van der Waals surface area contributed by atoms with Gasteiger partial charge in [0.2, 0.25) is 0 Å². The number of aryl methyl sites for hydroxylation is 2. The lowest BCUT2D eigenvalue weighted by Crippen LogP contribution is -2.08. The van der Waals surface area contributed by atoms with Crippen LogP contribution in [0.1, 0.15) is 30.0 Å². The lowest BCUT2D eigenvalue weighted by molar-refractivity contribution is 0.594. The van der Waals surface area contributed by atoms with Crippen LogP contribution in [-0.2, 0) is 15.6 Å². The first-order valence-corrected chi connectivity index (χ1v) is 7.02. The largest absolute Gasteiger partial charge is 0.228 e. The number of sulfone groups is 1. The Balaban J connectivity index is 2.90. The molecule has 0 bridgehead atoms. The summed E-state index contributed by atoms with van der Waals surface area (Å²) in [7, 11) is -2.92. The molecule has 0 amide bonds. The highest BCUT2D eigenvalue weighted by molar-refractivity contribution is 7.90. The molecule has 0 spiro atoms. The van der Waals surface area contributed by atoms with Gasteiger partial charge in [-0.25, -0.2) is 8.42 Å². The van der Waals surface area contributed by atoms with E-state index in [0.717, 1.165) is 16.7 Å². The van der Waals surface area contributed by atoms with Crippen LogP contribution in [-0.4, -0.2) is 14.2 Å². The zero-order valence-corrected chi connectivity index (χ0v) is 10.4. The minimum absolute atomic E-state index is 0.170. The average molecular weight is 226 g/mol. The van der Waals surface area contributed by atoms with E-state index in [1.165, 1.54) is 0 Å². The molecule has 1 aromatic rings. The fraction of sp³-hybridized carbons (Fsp3) is 0.500. The quantitative estimate of drug-likeness (QED) is 0.791. The van der Waals surface area contributed by atoms with E-state index in [1.54, 1.807) is 0 Å². The second-order valence-corrected chi connectivity index (χ2v) is 6.27. The van der Waals surface area contributed by atoms with Crippen LogP contribution in [0.4, 0.5) is 0 Å². The molecule has 0 fully saturated rings. The Morgan fingerprint density at radius 3 is 2.07 bits per heavy atom. The van der Waals surface area contributed by atoms with Crippen molar-refractivity contribution >= 4 is 9.84 Å². The van der Waals surface area contributed by atoms with E-state index in [0.29, 0.717) is 6.42 Å². The lowest BCUT2D eigenvalue weighted by Gasteiger charge is -2.05. The smallest absolute Gasteiger partial charge is 0.154 e. The van der Waals surface area contributed by atoms with Crippen LogP contribution in [0.3, 0.4) is 0 Å². The van der Waals surface area contributed by atoms with Gasteiger partial charge in [0, 0.05) is 0 Å². The Morgan fingerprint density at radius 2 is 1.60 bits per heavy atom. The fourth-order valence-electron chi connectivity index (χ4n) is 1.79. The molecule has 15 heavy (non-hydrogen) atoms. The Hall–Kier alpha value is -0.830. The van der Waals surface area contributed by atoms with Crippen molar-refractivity contribution in [2.75, 3.05) is 5.75 Å². The molecule has 1 rings (SSSR count). The highest BCUT2D eigenvalue weighted by Gasteiger charge is 2.10. The molecular formula is C12H18O2S. The van der Waals surface area contributed by atoms with Gasteiger partial charge in [-0.15, -0.1) is 0 Å². The topological polar surface area (TPSA) is 34.1 Å². The van der Waals surface area contributed by atoms with Crippen LogP contribution in [0.2, 0.25) is 0 Å². The summed E-state index contributed by atoms with van der Waals surface area (Å²) in [4.78, 5) is 0. The third-order valence-corrected chi connectivity index (χ3v) is 3.99. The Labute approximate surface area is 92.2 Å². The van der Waals surface area contributed by atoms with Gasteiger partial charge in [-0.05, 0) is 25.8 Å². The average Bonchev–Trinajstić information content (AvgIpc) is 1.99. The molecule has 0 saturated carbocycles. The first-order valence-electron chi connectivity index (χ1n) is 5.20. The highest BCUT2D eigenvalue weighted by atomic mass is 32.2. The van der Waals surface area contributed by atoms with Crippen LogP contribution in [0.15, 0.2) is 18.2 Å². The zero-order valence-electron chi connectivity index (χ0n) is 9.58. The molecular weight excluding hydrogens is 208 g/mol. The third-order valence-electron chi connectivity index (χ3n) is 2.18. The molecule has 0 aliphatic rings. The standard InChI is InChI=1S/C12H18O2S/c1-4-5-15(13,14)9-12-7-10(2)6-11(3)8-12/h6-8H,4-5,9H2,1-3H3. The van der Waals surface area contributed by atoms with Gasteiger partial charge in [0.25, 0.3) is 0 Å². The Bertz CT molecular complexity index is 413. The van der Waals surface area contributed by atoms with Crippen LogP contribution in [0, 0.1) is 13.8 Å². The maximum Gasteiger partial charge on any atom is 0.154 e. The molecule has 0 radical (unpaired) electrons. The second kappa shape index (κ2) is 4.79. The minimum Gasteiger partial charge on any atom is -0.228 e. The molecule has 0 atom stereocenters. The number of hydrogen-bond donors (Lipinski definition) is 0. The van der Waals surface area contributed by atoms with E-state index < -0.39 is 9.84 Å². The summed E-state index contributed by atoms with van der Waals surface area (Å²) in [6, 6.07) is 5.94. The molecule has 0 heterocycles. The first kappa shape index (κ1) is 12.2. The van der Waals surface area contributed by atoms with Crippen LogP contribution < -0.4 is 0 Å². The van der Waals surface area contributed by atoms with E-state index >= 15 is 0 Å². The Kier molecular flexibility index (Phi) is 3.91. The third kappa shape index (κ3) is 4.04. The molecule has 0 saturated heterocycles. The summed E-state index contributed by atoms with van der Waals surface area (Å²) in [6.45, 7) is 5.87. The predicted octanol–water partition coefficient (Wildman–Crippen LogP) is 2.63. The van der Waals surface area contributed by atoms with Gasteiger partial charge in [-0.2, -0.15) is 0 Å². The van der Waals surface area contributed by atoms with E-state index in [-0.39, 0.29) is 11.5 Å². The Morgan fingerprint density at radius 1 is 1.07 bits per heavy atom. The summed E-state index contributed by atoms with van der Waals surface area (Å²) in [5, 5.41) is 0. The predicted molar refractivity (Wildman–Crippen MR) is 63.7 cm³/mol. The monoisotopic (exact) mass is 226 g/mol. The fourth-order valence-corrected chi connectivity index (χ4v) is 3.23. The first-order chi connectivity index (χ1) is 6.93. The van der Waals surface area contributed by atoms with E-state index in [2.05, 4.69) is 6.07 Å². The SMILES string of the molecule is CCCS(=O)(=O)Cc1cc(C)cc(C)c1. The molecule has 0 aliphatic heterocycles. The molecule has 3 heteroatoms. The van der Waals surface area contributed by atoms with Crippen molar-refractivity contribution in [1.82, 2.24) is 0 Å². The van der Waals surface area contributed by atoms with Gasteiger partial charge in [-0.1, -0.05) is 36.2 Å². The van der Waals surface area contributed by atoms with Crippen LogP contribution in [0.5, 0.6) is 0 Å². The molecule has 0 aliphatic carbocycles. The van der Waals surface area contributed by atoms with E-state index in [1.807, 2.05) is 32.9 Å². The van der Waals surface area contributed by atoms with Crippen molar-refractivity contribution in [2.24, 2.45) is 0 Å². The lowest BCUT2D eigenvalue weighted by atomic mass is 10.1. The maximum atomic E-state index is 11.6. The van der Waals surface area contributed by atoms with E-state index in [9.17, 15) is 8.42 Å². The number of hydrogen-bond acceptors (Lipinski definition) is 2. The molecule has 84 valence electrons. The summed E-state index contributed by atoms with van der Waals surface area (Å²) in [6.07, 6.45) is 0.688. The number of benzene rings is 1. The normalized spacial score (nSPS) is 11.7. The van der Waals surface area contributed by atoms with Crippen molar-refractivity contribution < 1.29 is 8.42 Å². The summed E-state index contributed by atoms with van der Waals surface area (Å²) in [5.41, 5.74) is 3.15. The molecule has 0 unspecified atom stereocenters. The minimum atomic E-state index is -2.92. The van der Waals surface area contributed by atoms with Gasteiger partial charge < -0.3 is 0 Å². The number of rotatable bonds is 4. The summed E-state index contributed by atoms with van der Waals surface area (Å²) >= 11 is 0. The highest BCUT2D eigenvalue weighted by Crippen LogP contribution is 2.12. The van der Waals surface area contributed by atoms with Gasteiger partial charge in [0.1, 0.15) is 0 Å². The van der Waals surface area contributed by atoms with Crippen molar-refractivity contribution in [3.05, 3.63) is 34.9 Å². The van der Waals surface area contributed by atoms with Crippen LogP contribution in [0.25, 0.3) is 0 Å². The van der Waals surface area contributed by atoms with Gasteiger partial charge in [0.05, 0.1) is 11.5 Å². The molecule has 1 aromatic carbocycles. The maximum absolute atomic E-state index is 11.6. The molecule has 2 nitrogen and oxygen atoms in total. The van der Waals surface area contributed by atoms with Gasteiger partial charge in [0.15, 0.2) is 9.84 Å². The molecule has 0 aromatic heterocycles. The van der Waals surface area contributed by atoms with Gasteiger partial charge in [-0.3, -0.25) is 0 Å². The van der Waals surface area contributed by atoms with Crippen LogP contribution >= 0.6 is 0 Å². The van der Waals surface area contributed by atoms with Gasteiger partial charge >= 0.3 is 0 Å². The van der Waals surface area contributed by atoms with E-state index in [4.69, 9.17) is 0 Å². The van der Waals surface area contributed by atoms with Crippen molar-refractivity contribution in [3.8, 4) is 0 Å². The van der Waals surface area contributed by atoms with Crippen molar-refractivity contribution in [2.45, 2.75) is 32.9 Å². The molecule has 0 N–H and O–H groups in total. The zero-order chi connectivity index (χ0) is 11.5. The van der Waals surface area contributed by atoms with Crippen molar-refractivity contribution in [3.63, 3.8) is 0 Å². The summed E-state index contributed by atoms with van der Waals surface area (Å²) in [5.74, 6) is 0.448. The summed E-state index contributed by atoms with van der Waals surface area (Å²) < 4.78 is 23.2.